The van der Waals surface area contributed by atoms with Crippen LogP contribution in [0.15, 0.2) is 0 Å². The minimum absolute atomic E-state index is 0.228. The molecule has 0 amide bonds. The molecule has 0 aliphatic rings. The van der Waals surface area contributed by atoms with Crippen LogP contribution < -0.4 is 5.32 Å². The van der Waals surface area contributed by atoms with Crippen LogP contribution in [0.5, 0.6) is 0 Å². The third kappa shape index (κ3) is 6.40. The Labute approximate surface area is 80.7 Å². The van der Waals surface area contributed by atoms with Crippen molar-refractivity contribution in [3.05, 3.63) is 0 Å². The zero-order valence-corrected chi connectivity index (χ0v) is 9.04. The lowest BCUT2D eigenvalue weighted by Gasteiger charge is -2.13. The topological polar surface area (TPSA) is 21.3 Å². The van der Waals surface area contributed by atoms with Gasteiger partial charge >= 0.3 is 0 Å². The number of hydrogen-bond acceptors (Lipinski definition) is 2. The van der Waals surface area contributed by atoms with Crippen molar-refractivity contribution in [1.82, 2.24) is 5.32 Å². The molecule has 0 saturated heterocycles. The number of rotatable bonds is 5. The van der Waals surface area contributed by atoms with Gasteiger partial charge in [-0.15, -0.1) is 0 Å². The molecule has 0 fully saturated rings. The Balaban J connectivity index is 3.33. The summed E-state index contributed by atoms with van der Waals surface area (Å²) in [4.78, 5) is 0. The third-order valence-corrected chi connectivity index (χ3v) is 1.92. The fraction of sp³-hybridized carbons (Fsp3) is 0.889. The molecule has 0 aromatic carbocycles. The van der Waals surface area contributed by atoms with Gasteiger partial charge in [-0.3, -0.25) is 0 Å². The summed E-state index contributed by atoms with van der Waals surface area (Å²) in [6.07, 6.45) is 3.55. The van der Waals surface area contributed by atoms with Crippen LogP contribution in [0.2, 0.25) is 0 Å². The van der Waals surface area contributed by atoms with Gasteiger partial charge in [0.25, 0.3) is 5.17 Å². The van der Waals surface area contributed by atoms with Crippen molar-refractivity contribution in [3.63, 3.8) is 0 Å². The Morgan fingerprint density at radius 2 is 2.17 bits per heavy atom. The van der Waals surface area contributed by atoms with Crippen molar-refractivity contribution >= 4 is 17.4 Å². The highest BCUT2D eigenvalue weighted by molar-refractivity contribution is 7.80. The van der Waals surface area contributed by atoms with Gasteiger partial charge in [-0.05, 0) is 32.0 Å². The quantitative estimate of drug-likeness (QED) is 0.530. The number of unbranched alkanes of at least 4 members (excludes halogenated alkanes) is 1. The summed E-state index contributed by atoms with van der Waals surface area (Å²) in [5.41, 5.74) is 0. The first-order valence-corrected chi connectivity index (χ1v) is 5.06. The second kappa shape index (κ2) is 7.35. The fourth-order valence-electron chi connectivity index (χ4n) is 0.675. The minimum atomic E-state index is 0.228. The van der Waals surface area contributed by atoms with E-state index in [1.54, 1.807) is 0 Å². The standard InChI is InChI=1S/C9H19NOS/c1-4-6-7-10-9(12)11-8(3)5-2/h8H,4-7H2,1-3H3,(H,10,12). The first-order chi connectivity index (χ1) is 5.70. The molecule has 72 valence electrons. The largest absolute Gasteiger partial charge is 0.468 e. The normalized spacial score (nSPS) is 12.2. The van der Waals surface area contributed by atoms with Crippen molar-refractivity contribution < 1.29 is 4.74 Å². The van der Waals surface area contributed by atoms with Gasteiger partial charge in [0.05, 0.1) is 6.10 Å². The van der Waals surface area contributed by atoms with Gasteiger partial charge in [-0.2, -0.15) is 0 Å². The molecule has 0 heterocycles. The smallest absolute Gasteiger partial charge is 0.256 e. The zero-order chi connectivity index (χ0) is 9.40. The Morgan fingerprint density at radius 1 is 1.50 bits per heavy atom. The van der Waals surface area contributed by atoms with E-state index < -0.39 is 0 Å². The van der Waals surface area contributed by atoms with E-state index in [4.69, 9.17) is 17.0 Å². The van der Waals surface area contributed by atoms with Gasteiger partial charge in [-0.1, -0.05) is 20.3 Å². The van der Waals surface area contributed by atoms with Gasteiger partial charge < -0.3 is 10.1 Å². The molecule has 0 radical (unpaired) electrons. The molecule has 0 saturated carbocycles. The van der Waals surface area contributed by atoms with Crippen molar-refractivity contribution in [2.45, 2.75) is 46.1 Å². The summed E-state index contributed by atoms with van der Waals surface area (Å²) >= 11 is 4.98. The van der Waals surface area contributed by atoms with Crippen LogP contribution in [0.25, 0.3) is 0 Å². The number of thiocarbonyl (C=S) groups is 1. The Morgan fingerprint density at radius 3 is 2.67 bits per heavy atom. The van der Waals surface area contributed by atoms with Crippen LogP contribution in [-0.2, 0) is 4.74 Å². The van der Waals surface area contributed by atoms with Crippen molar-refractivity contribution in [1.29, 1.82) is 0 Å². The summed E-state index contributed by atoms with van der Waals surface area (Å²) in [7, 11) is 0. The molecular weight excluding hydrogens is 170 g/mol. The summed E-state index contributed by atoms with van der Waals surface area (Å²) in [6, 6.07) is 0. The predicted molar refractivity (Wildman–Crippen MR) is 56.3 cm³/mol. The average molecular weight is 189 g/mol. The van der Waals surface area contributed by atoms with Crippen LogP contribution in [-0.4, -0.2) is 17.8 Å². The SMILES string of the molecule is CCCCNC(=S)OC(C)CC. The molecule has 0 rings (SSSR count). The molecule has 0 spiro atoms. The highest BCUT2D eigenvalue weighted by Crippen LogP contribution is 1.96. The van der Waals surface area contributed by atoms with E-state index in [1.165, 1.54) is 6.42 Å². The van der Waals surface area contributed by atoms with E-state index in [0.29, 0.717) is 5.17 Å². The summed E-state index contributed by atoms with van der Waals surface area (Å²) in [5, 5.41) is 3.60. The number of ether oxygens (including phenoxy) is 1. The maximum atomic E-state index is 5.37. The highest BCUT2D eigenvalue weighted by atomic mass is 32.1. The molecule has 1 atom stereocenters. The van der Waals surface area contributed by atoms with E-state index in [9.17, 15) is 0 Å². The van der Waals surface area contributed by atoms with Gasteiger partial charge in [0.2, 0.25) is 0 Å². The Kier molecular flexibility index (Phi) is 7.16. The van der Waals surface area contributed by atoms with E-state index in [1.807, 2.05) is 6.92 Å². The van der Waals surface area contributed by atoms with E-state index in [2.05, 4.69) is 19.2 Å². The molecule has 0 aliphatic heterocycles. The minimum Gasteiger partial charge on any atom is -0.468 e. The van der Waals surface area contributed by atoms with Crippen molar-refractivity contribution in [2.24, 2.45) is 0 Å². The first-order valence-electron chi connectivity index (χ1n) is 4.65. The lowest BCUT2D eigenvalue weighted by Crippen LogP contribution is -2.28. The molecule has 2 nitrogen and oxygen atoms in total. The predicted octanol–water partition coefficient (Wildman–Crippen LogP) is 2.48. The zero-order valence-electron chi connectivity index (χ0n) is 8.22. The molecule has 0 aromatic heterocycles. The fourth-order valence-corrected chi connectivity index (χ4v) is 0.941. The average Bonchev–Trinajstić information content (AvgIpc) is 2.05. The van der Waals surface area contributed by atoms with Gasteiger partial charge in [0, 0.05) is 6.54 Å². The lowest BCUT2D eigenvalue weighted by atomic mass is 10.3. The molecule has 0 aromatic rings. The highest BCUT2D eigenvalue weighted by Gasteiger charge is 2.01. The van der Waals surface area contributed by atoms with Crippen LogP contribution in [0.3, 0.4) is 0 Å². The van der Waals surface area contributed by atoms with Gasteiger partial charge in [0.1, 0.15) is 0 Å². The molecule has 3 heteroatoms. The summed E-state index contributed by atoms with van der Waals surface area (Å²) in [5.74, 6) is 0. The molecule has 0 bridgehead atoms. The Hall–Kier alpha value is -0.310. The van der Waals surface area contributed by atoms with Crippen LogP contribution in [0.1, 0.15) is 40.0 Å². The van der Waals surface area contributed by atoms with Gasteiger partial charge in [0.15, 0.2) is 0 Å². The second-order valence-corrected chi connectivity index (χ2v) is 3.28. The molecule has 0 aliphatic carbocycles. The van der Waals surface area contributed by atoms with E-state index >= 15 is 0 Å². The maximum Gasteiger partial charge on any atom is 0.256 e. The maximum absolute atomic E-state index is 5.37. The van der Waals surface area contributed by atoms with Gasteiger partial charge in [-0.25, -0.2) is 0 Å². The van der Waals surface area contributed by atoms with Crippen LogP contribution in [0.4, 0.5) is 0 Å². The van der Waals surface area contributed by atoms with Crippen molar-refractivity contribution in [2.75, 3.05) is 6.54 Å². The van der Waals surface area contributed by atoms with Crippen LogP contribution >= 0.6 is 12.2 Å². The molecule has 12 heavy (non-hydrogen) atoms. The van der Waals surface area contributed by atoms with Crippen molar-refractivity contribution in [3.8, 4) is 0 Å². The first kappa shape index (κ1) is 11.7. The lowest BCUT2D eigenvalue weighted by molar-refractivity contribution is 0.200. The third-order valence-electron chi connectivity index (χ3n) is 1.68. The van der Waals surface area contributed by atoms with E-state index in [0.717, 1.165) is 19.4 Å². The van der Waals surface area contributed by atoms with E-state index in [-0.39, 0.29) is 6.10 Å². The molecular formula is C9H19NOS. The molecule has 1 N–H and O–H groups in total. The number of nitrogens with one attached hydrogen (secondary N) is 1. The van der Waals surface area contributed by atoms with Crippen LogP contribution in [0, 0.1) is 0 Å². The second-order valence-electron chi connectivity index (χ2n) is 2.90. The number of hydrogen-bond donors (Lipinski definition) is 1. The summed E-state index contributed by atoms with van der Waals surface area (Å²) < 4.78 is 5.37. The summed E-state index contributed by atoms with van der Waals surface area (Å²) in [6.45, 7) is 7.18. The Bertz CT molecular complexity index is 128. The monoisotopic (exact) mass is 189 g/mol. The molecule has 1 unspecified atom stereocenters.